The predicted molar refractivity (Wildman–Crippen MR) is 93.4 cm³/mol. The molecule has 0 saturated carbocycles. The molecule has 7 heteroatoms. The number of benzene rings is 1. The molecular formula is C16H25BrN4O2. The van der Waals surface area contributed by atoms with E-state index in [0.717, 1.165) is 22.2 Å². The van der Waals surface area contributed by atoms with Gasteiger partial charge >= 0.3 is 0 Å². The first-order chi connectivity index (χ1) is 10.9. The summed E-state index contributed by atoms with van der Waals surface area (Å²) in [6.45, 7) is 6.93. The van der Waals surface area contributed by atoms with Crippen molar-refractivity contribution in [2.24, 2.45) is 17.7 Å². The second-order valence-electron chi connectivity index (χ2n) is 6.30. The van der Waals surface area contributed by atoms with Crippen molar-refractivity contribution in [1.29, 1.82) is 0 Å². The second kappa shape index (κ2) is 8.10. The van der Waals surface area contributed by atoms with Crippen LogP contribution in [0.1, 0.15) is 38.8 Å². The first-order valence-electron chi connectivity index (χ1n) is 7.87. The van der Waals surface area contributed by atoms with Gasteiger partial charge in [0.25, 0.3) is 0 Å². The Kier molecular flexibility index (Phi) is 6.41. The van der Waals surface area contributed by atoms with Gasteiger partial charge in [-0.25, -0.2) is 11.3 Å². The van der Waals surface area contributed by atoms with Crippen molar-refractivity contribution >= 4 is 21.8 Å². The SMILES string of the molecule is CC(C)CCOc1ccc(Br)cc1C1NNC(C)C1C(=O)NN. The van der Waals surface area contributed by atoms with Gasteiger partial charge in [-0.15, -0.1) is 0 Å². The molecule has 6 nitrogen and oxygen atoms in total. The van der Waals surface area contributed by atoms with Crippen LogP contribution < -0.4 is 26.9 Å². The summed E-state index contributed by atoms with van der Waals surface area (Å²) in [5.41, 5.74) is 9.50. The summed E-state index contributed by atoms with van der Waals surface area (Å²) in [6, 6.07) is 5.62. The molecule has 1 aliphatic rings. The van der Waals surface area contributed by atoms with Gasteiger partial charge in [-0.05, 0) is 37.5 Å². The number of ether oxygens (including phenoxy) is 1. The van der Waals surface area contributed by atoms with Crippen molar-refractivity contribution in [1.82, 2.24) is 16.3 Å². The zero-order chi connectivity index (χ0) is 17.0. The molecule has 1 aromatic rings. The van der Waals surface area contributed by atoms with E-state index >= 15 is 0 Å². The minimum absolute atomic E-state index is 0.0361. The van der Waals surface area contributed by atoms with Crippen LogP contribution in [0, 0.1) is 11.8 Å². The molecule has 0 bridgehead atoms. The van der Waals surface area contributed by atoms with E-state index in [1.54, 1.807) is 0 Å². The molecule has 1 fully saturated rings. The Morgan fingerprint density at radius 1 is 1.43 bits per heavy atom. The molecule has 2 rings (SSSR count). The molecule has 128 valence electrons. The first-order valence-corrected chi connectivity index (χ1v) is 8.67. The Bertz CT molecular complexity index is 553. The second-order valence-corrected chi connectivity index (χ2v) is 7.22. The molecular weight excluding hydrogens is 360 g/mol. The molecule has 1 aromatic carbocycles. The van der Waals surface area contributed by atoms with Crippen molar-refractivity contribution in [2.75, 3.05) is 6.61 Å². The number of amides is 1. The Hall–Kier alpha value is -1.15. The number of hydrogen-bond acceptors (Lipinski definition) is 5. The monoisotopic (exact) mass is 384 g/mol. The minimum Gasteiger partial charge on any atom is -0.493 e. The number of hydrazine groups is 2. The van der Waals surface area contributed by atoms with Crippen molar-refractivity contribution in [3.63, 3.8) is 0 Å². The molecule has 1 heterocycles. The Labute approximate surface area is 145 Å². The maximum atomic E-state index is 12.1. The molecule has 0 spiro atoms. The number of carbonyl (C=O) groups is 1. The number of halogens is 1. The largest absolute Gasteiger partial charge is 0.493 e. The molecule has 0 radical (unpaired) electrons. The number of carbonyl (C=O) groups excluding carboxylic acids is 1. The Morgan fingerprint density at radius 2 is 2.17 bits per heavy atom. The van der Waals surface area contributed by atoms with E-state index in [1.807, 2.05) is 25.1 Å². The van der Waals surface area contributed by atoms with E-state index in [-0.39, 0.29) is 23.9 Å². The van der Waals surface area contributed by atoms with Gasteiger partial charge in [0.2, 0.25) is 5.91 Å². The zero-order valence-electron chi connectivity index (χ0n) is 13.7. The topological polar surface area (TPSA) is 88.4 Å². The summed E-state index contributed by atoms with van der Waals surface area (Å²) in [5.74, 6) is 6.19. The van der Waals surface area contributed by atoms with Crippen molar-refractivity contribution in [2.45, 2.75) is 39.3 Å². The molecule has 3 atom stereocenters. The van der Waals surface area contributed by atoms with Crippen molar-refractivity contribution < 1.29 is 9.53 Å². The quantitative estimate of drug-likeness (QED) is 0.342. The lowest BCUT2D eigenvalue weighted by atomic mass is 9.89. The van der Waals surface area contributed by atoms with Crippen LogP contribution in [0.5, 0.6) is 5.75 Å². The van der Waals surface area contributed by atoms with Gasteiger partial charge < -0.3 is 4.74 Å². The van der Waals surface area contributed by atoms with Gasteiger partial charge in [-0.1, -0.05) is 29.8 Å². The standard InChI is InChI=1S/C16H25BrN4O2/c1-9(2)6-7-23-13-5-4-11(17)8-12(13)15-14(16(22)19-18)10(3)20-21-15/h4-5,8-10,14-15,20-21H,6-7,18H2,1-3H3,(H,19,22). The third-order valence-electron chi connectivity index (χ3n) is 4.07. The van der Waals surface area contributed by atoms with Crippen LogP contribution in [0.25, 0.3) is 0 Å². The van der Waals surface area contributed by atoms with Crippen LogP contribution in [0.4, 0.5) is 0 Å². The number of nitrogens with two attached hydrogens (primary N) is 1. The van der Waals surface area contributed by atoms with Crippen LogP contribution in [-0.2, 0) is 4.79 Å². The maximum absolute atomic E-state index is 12.1. The van der Waals surface area contributed by atoms with Crippen LogP contribution in [0.2, 0.25) is 0 Å². The van der Waals surface area contributed by atoms with E-state index < -0.39 is 0 Å². The maximum Gasteiger partial charge on any atom is 0.240 e. The van der Waals surface area contributed by atoms with E-state index in [4.69, 9.17) is 10.6 Å². The van der Waals surface area contributed by atoms with Gasteiger partial charge in [-0.3, -0.25) is 15.6 Å². The Morgan fingerprint density at radius 3 is 2.83 bits per heavy atom. The average molecular weight is 385 g/mol. The number of nitrogens with one attached hydrogen (secondary N) is 3. The molecule has 5 N–H and O–H groups in total. The highest BCUT2D eigenvalue weighted by Crippen LogP contribution is 2.36. The van der Waals surface area contributed by atoms with Crippen LogP contribution >= 0.6 is 15.9 Å². The summed E-state index contributed by atoms with van der Waals surface area (Å²) in [5, 5.41) is 0. The van der Waals surface area contributed by atoms with E-state index in [2.05, 4.69) is 46.1 Å². The summed E-state index contributed by atoms with van der Waals surface area (Å²) in [4.78, 5) is 12.1. The van der Waals surface area contributed by atoms with E-state index in [9.17, 15) is 4.79 Å². The van der Waals surface area contributed by atoms with Crippen molar-refractivity contribution in [3.05, 3.63) is 28.2 Å². The van der Waals surface area contributed by atoms with Gasteiger partial charge in [0, 0.05) is 16.1 Å². The van der Waals surface area contributed by atoms with Gasteiger partial charge in [-0.2, -0.15) is 0 Å². The molecule has 23 heavy (non-hydrogen) atoms. The lowest BCUT2D eigenvalue weighted by Crippen LogP contribution is -2.41. The fourth-order valence-corrected chi connectivity index (χ4v) is 3.11. The third-order valence-corrected chi connectivity index (χ3v) is 4.56. The normalized spacial score (nSPS) is 24.0. The molecule has 1 amide bonds. The van der Waals surface area contributed by atoms with Crippen LogP contribution in [0.15, 0.2) is 22.7 Å². The fourth-order valence-electron chi connectivity index (χ4n) is 2.73. The summed E-state index contributed by atoms with van der Waals surface area (Å²) in [6.07, 6.45) is 0.981. The van der Waals surface area contributed by atoms with Crippen LogP contribution in [0.3, 0.4) is 0 Å². The molecule has 1 saturated heterocycles. The third kappa shape index (κ3) is 4.44. The molecule has 0 aliphatic carbocycles. The van der Waals surface area contributed by atoms with Gasteiger partial charge in [0.1, 0.15) is 5.75 Å². The van der Waals surface area contributed by atoms with Gasteiger partial charge in [0.15, 0.2) is 0 Å². The smallest absolute Gasteiger partial charge is 0.240 e. The first kappa shape index (κ1) is 18.2. The molecule has 0 aromatic heterocycles. The van der Waals surface area contributed by atoms with Gasteiger partial charge in [0.05, 0.1) is 18.6 Å². The lowest BCUT2D eigenvalue weighted by molar-refractivity contribution is -0.125. The molecule has 1 aliphatic heterocycles. The van der Waals surface area contributed by atoms with Crippen LogP contribution in [-0.4, -0.2) is 18.6 Å². The highest BCUT2D eigenvalue weighted by atomic mass is 79.9. The fraction of sp³-hybridized carbons (Fsp3) is 0.562. The summed E-state index contributed by atoms with van der Waals surface area (Å²) in [7, 11) is 0. The summed E-state index contributed by atoms with van der Waals surface area (Å²) >= 11 is 3.49. The predicted octanol–water partition coefficient (Wildman–Crippen LogP) is 2.02. The summed E-state index contributed by atoms with van der Waals surface area (Å²) < 4.78 is 6.90. The zero-order valence-corrected chi connectivity index (χ0v) is 15.3. The van der Waals surface area contributed by atoms with E-state index in [1.165, 1.54) is 0 Å². The van der Waals surface area contributed by atoms with Crippen molar-refractivity contribution in [3.8, 4) is 5.75 Å². The Balaban J connectivity index is 2.26. The minimum atomic E-state index is -0.318. The average Bonchev–Trinajstić information content (AvgIpc) is 2.89. The number of rotatable bonds is 6. The number of hydrogen-bond donors (Lipinski definition) is 4. The lowest BCUT2D eigenvalue weighted by Gasteiger charge is -2.22. The molecule has 3 unspecified atom stereocenters. The highest BCUT2D eigenvalue weighted by molar-refractivity contribution is 9.10. The van der Waals surface area contributed by atoms with E-state index in [0.29, 0.717) is 12.5 Å². The highest BCUT2D eigenvalue weighted by Gasteiger charge is 2.40.